The van der Waals surface area contributed by atoms with Crippen molar-refractivity contribution in [3.63, 3.8) is 0 Å². The Bertz CT molecular complexity index is 144. The molecule has 2 atom stereocenters. The number of Topliss-reactive ketones (excluding diaryl/α,β-unsaturated/α-hetero) is 1. The lowest BCUT2D eigenvalue weighted by molar-refractivity contribution is -0.137. The van der Waals surface area contributed by atoms with Crippen LogP contribution in [0.1, 0.15) is 19.8 Å². The van der Waals surface area contributed by atoms with Gasteiger partial charge in [0.25, 0.3) is 0 Å². The van der Waals surface area contributed by atoms with Crippen molar-refractivity contribution in [2.75, 3.05) is 0 Å². The standard InChI is InChI=1S/C6H12NO3P/c1-4(8)2-5(7-11)3-6(9)10/h5,7H,2-3,11H2,1H3,(H,9,10). The molecule has 2 N–H and O–H groups in total. The Kier molecular flexibility index (Phi) is 4.99. The Balaban J connectivity index is 3.76. The Hall–Kier alpha value is -0.470. The molecule has 0 aliphatic carbocycles. The summed E-state index contributed by atoms with van der Waals surface area (Å²) >= 11 is 0. The number of nitrogens with one attached hydrogen (secondary N) is 1. The second kappa shape index (κ2) is 5.22. The van der Waals surface area contributed by atoms with Crippen LogP contribution < -0.4 is 5.09 Å². The molecule has 0 saturated heterocycles. The monoisotopic (exact) mass is 177 g/mol. The van der Waals surface area contributed by atoms with Crippen LogP contribution in [-0.4, -0.2) is 22.9 Å². The van der Waals surface area contributed by atoms with Crippen molar-refractivity contribution in [1.29, 1.82) is 0 Å². The van der Waals surface area contributed by atoms with Gasteiger partial charge in [-0.3, -0.25) is 14.7 Å². The van der Waals surface area contributed by atoms with Crippen molar-refractivity contribution >= 4 is 21.1 Å². The molecule has 0 saturated carbocycles. The molecule has 4 nitrogen and oxygen atoms in total. The lowest BCUT2D eigenvalue weighted by Crippen LogP contribution is -2.26. The zero-order chi connectivity index (χ0) is 8.85. The van der Waals surface area contributed by atoms with Crippen molar-refractivity contribution in [2.24, 2.45) is 0 Å². The fraction of sp³-hybridized carbons (Fsp3) is 0.667. The number of carboxylic acid groups (broad SMARTS) is 1. The van der Waals surface area contributed by atoms with Gasteiger partial charge >= 0.3 is 5.97 Å². The van der Waals surface area contributed by atoms with Crippen LogP contribution in [0.5, 0.6) is 0 Å². The fourth-order valence-corrected chi connectivity index (χ4v) is 0.983. The van der Waals surface area contributed by atoms with Crippen molar-refractivity contribution in [2.45, 2.75) is 25.8 Å². The van der Waals surface area contributed by atoms with E-state index >= 15 is 0 Å². The second-order valence-electron chi connectivity index (χ2n) is 2.37. The zero-order valence-corrected chi connectivity index (χ0v) is 7.49. The molecule has 0 spiro atoms. The van der Waals surface area contributed by atoms with Gasteiger partial charge in [-0.1, -0.05) is 9.39 Å². The number of ketones is 1. The largest absolute Gasteiger partial charge is 0.481 e. The van der Waals surface area contributed by atoms with Gasteiger partial charge in [0.1, 0.15) is 5.78 Å². The third kappa shape index (κ3) is 5.95. The van der Waals surface area contributed by atoms with Gasteiger partial charge in [-0.25, -0.2) is 0 Å². The lowest BCUT2D eigenvalue weighted by atomic mass is 10.1. The summed E-state index contributed by atoms with van der Waals surface area (Å²) in [6, 6.07) is -0.269. The maximum Gasteiger partial charge on any atom is 0.304 e. The first-order valence-corrected chi connectivity index (χ1v) is 3.81. The lowest BCUT2D eigenvalue weighted by Gasteiger charge is -2.10. The molecular formula is C6H12NO3P. The smallest absolute Gasteiger partial charge is 0.304 e. The molecule has 2 unspecified atom stereocenters. The number of carboxylic acids is 1. The van der Waals surface area contributed by atoms with Crippen molar-refractivity contribution < 1.29 is 14.7 Å². The zero-order valence-electron chi connectivity index (χ0n) is 6.33. The van der Waals surface area contributed by atoms with Gasteiger partial charge in [0.05, 0.1) is 6.42 Å². The van der Waals surface area contributed by atoms with Gasteiger partial charge in [-0.15, -0.1) is 0 Å². The third-order valence-electron chi connectivity index (χ3n) is 1.19. The van der Waals surface area contributed by atoms with Crippen LogP contribution in [0.25, 0.3) is 0 Å². The molecule has 5 heteroatoms. The Morgan fingerprint density at radius 1 is 1.55 bits per heavy atom. The van der Waals surface area contributed by atoms with Crippen LogP contribution >= 0.6 is 9.39 Å². The third-order valence-corrected chi connectivity index (χ3v) is 1.66. The summed E-state index contributed by atoms with van der Waals surface area (Å²) in [6.07, 6.45) is 0.235. The van der Waals surface area contributed by atoms with E-state index in [0.29, 0.717) is 0 Å². The predicted octanol–water partition coefficient (Wildman–Crippen LogP) is 0.188. The average Bonchev–Trinajstić information content (AvgIpc) is 1.84. The number of hydrogen-bond acceptors (Lipinski definition) is 3. The van der Waals surface area contributed by atoms with E-state index in [-0.39, 0.29) is 24.7 Å². The highest BCUT2D eigenvalue weighted by Gasteiger charge is 2.12. The predicted molar refractivity (Wildman–Crippen MR) is 44.2 cm³/mol. The highest BCUT2D eigenvalue weighted by molar-refractivity contribution is 7.13. The minimum atomic E-state index is -0.897. The SMILES string of the molecule is CC(=O)CC(CC(=O)O)NP. The van der Waals surface area contributed by atoms with E-state index in [1.807, 2.05) is 0 Å². The summed E-state index contributed by atoms with van der Waals surface area (Å²) in [5.41, 5.74) is 0. The number of rotatable bonds is 5. The first-order chi connectivity index (χ1) is 5.06. The van der Waals surface area contributed by atoms with Gasteiger partial charge in [0.2, 0.25) is 0 Å². The summed E-state index contributed by atoms with van der Waals surface area (Å²) in [7, 11) is 2.21. The van der Waals surface area contributed by atoms with Crippen LogP contribution in [0.15, 0.2) is 0 Å². The molecule has 0 bridgehead atoms. The molecule has 0 rings (SSSR count). The average molecular weight is 177 g/mol. The summed E-state index contributed by atoms with van der Waals surface area (Å²) < 4.78 is 0. The second-order valence-corrected chi connectivity index (χ2v) is 2.70. The van der Waals surface area contributed by atoms with Crippen molar-refractivity contribution in [1.82, 2.24) is 5.09 Å². The van der Waals surface area contributed by atoms with Crippen LogP contribution in [0, 0.1) is 0 Å². The molecule has 0 aromatic heterocycles. The van der Waals surface area contributed by atoms with Gasteiger partial charge in [0, 0.05) is 12.5 Å². The van der Waals surface area contributed by atoms with Crippen molar-refractivity contribution in [3.8, 4) is 0 Å². The highest BCUT2D eigenvalue weighted by atomic mass is 31.0. The molecular weight excluding hydrogens is 165 g/mol. The number of carbonyl (C=O) groups excluding carboxylic acids is 1. The highest BCUT2D eigenvalue weighted by Crippen LogP contribution is 2.00. The van der Waals surface area contributed by atoms with Crippen molar-refractivity contribution in [3.05, 3.63) is 0 Å². The summed E-state index contributed by atoms with van der Waals surface area (Å²) in [6.45, 7) is 1.44. The minimum absolute atomic E-state index is 0.00815. The first-order valence-electron chi connectivity index (χ1n) is 3.23. The molecule has 0 aromatic rings. The first kappa shape index (κ1) is 10.5. The molecule has 64 valence electrons. The van der Waals surface area contributed by atoms with E-state index < -0.39 is 5.97 Å². The molecule has 11 heavy (non-hydrogen) atoms. The quantitative estimate of drug-likeness (QED) is 0.588. The van der Waals surface area contributed by atoms with E-state index in [0.717, 1.165) is 0 Å². The Morgan fingerprint density at radius 2 is 2.09 bits per heavy atom. The maximum atomic E-state index is 10.6. The topological polar surface area (TPSA) is 66.4 Å². The number of aliphatic carboxylic acids is 1. The van der Waals surface area contributed by atoms with Gasteiger partial charge in [-0.2, -0.15) is 0 Å². The number of hydrogen-bond donors (Lipinski definition) is 2. The van der Waals surface area contributed by atoms with Crippen LogP contribution in [0.2, 0.25) is 0 Å². The number of carbonyl (C=O) groups is 2. The van der Waals surface area contributed by atoms with Crippen LogP contribution in [0.3, 0.4) is 0 Å². The Labute approximate surface area is 67.6 Å². The molecule has 0 aliphatic rings. The fourth-order valence-electron chi connectivity index (χ4n) is 0.748. The molecule has 0 heterocycles. The van der Waals surface area contributed by atoms with Gasteiger partial charge in [0.15, 0.2) is 0 Å². The molecule has 0 aliphatic heterocycles. The molecule has 0 aromatic carbocycles. The summed E-state index contributed by atoms with van der Waals surface area (Å²) in [5, 5.41) is 11.0. The van der Waals surface area contributed by atoms with Gasteiger partial charge < -0.3 is 5.11 Å². The maximum absolute atomic E-state index is 10.6. The summed E-state index contributed by atoms with van der Waals surface area (Å²) in [5.74, 6) is -0.905. The van der Waals surface area contributed by atoms with Crippen LogP contribution in [0.4, 0.5) is 0 Å². The van der Waals surface area contributed by atoms with E-state index in [1.165, 1.54) is 6.92 Å². The van der Waals surface area contributed by atoms with E-state index in [9.17, 15) is 9.59 Å². The van der Waals surface area contributed by atoms with Crippen LogP contribution in [-0.2, 0) is 9.59 Å². The summed E-state index contributed by atoms with van der Waals surface area (Å²) in [4.78, 5) is 20.7. The normalized spacial score (nSPS) is 12.5. The van der Waals surface area contributed by atoms with E-state index in [1.54, 1.807) is 0 Å². The van der Waals surface area contributed by atoms with E-state index in [4.69, 9.17) is 5.11 Å². The molecule has 0 amide bonds. The minimum Gasteiger partial charge on any atom is -0.481 e. The molecule has 0 fully saturated rings. The molecule has 0 radical (unpaired) electrons. The Morgan fingerprint density at radius 3 is 2.36 bits per heavy atom. The van der Waals surface area contributed by atoms with E-state index in [2.05, 4.69) is 14.5 Å². The van der Waals surface area contributed by atoms with Gasteiger partial charge in [-0.05, 0) is 6.92 Å².